The number of hydrogen-bond donors (Lipinski definition) is 3. The molecule has 11 heteroatoms. The Balaban J connectivity index is 1.38. The Hall–Kier alpha value is -4.09. The van der Waals surface area contributed by atoms with Crippen LogP contribution in [0.2, 0.25) is 5.02 Å². The van der Waals surface area contributed by atoms with E-state index in [0.717, 1.165) is 47.7 Å². The van der Waals surface area contributed by atoms with Crippen molar-refractivity contribution in [2.45, 2.75) is 13.5 Å². The van der Waals surface area contributed by atoms with E-state index in [-0.39, 0.29) is 18.2 Å². The molecular weight excluding hydrogens is 572 g/mol. The van der Waals surface area contributed by atoms with Gasteiger partial charge in [-0.05, 0) is 54.5 Å². The van der Waals surface area contributed by atoms with Crippen molar-refractivity contribution in [3.8, 4) is 11.3 Å². The van der Waals surface area contributed by atoms with E-state index in [1.165, 1.54) is 23.6 Å². The Morgan fingerprint density at radius 3 is 2.74 bits per heavy atom. The SMILES string of the molecule is C=CC(=O)CNc1cccc(-c2cc(CN3CCOCC3)cc(Nc3ncc(C(=O)Nc4c(C)cccc4Cl)s3)n2)c1. The van der Waals surface area contributed by atoms with Crippen molar-refractivity contribution in [2.24, 2.45) is 0 Å². The van der Waals surface area contributed by atoms with Gasteiger partial charge in [-0.1, -0.05) is 53.8 Å². The van der Waals surface area contributed by atoms with Crippen LogP contribution in [0.1, 0.15) is 20.8 Å². The van der Waals surface area contributed by atoms with Crippen molar-refractivity contribution in [2.75, 3.05) is 48.8 Å². The van der Waals surface area contributed by atoms with E-state index in [1.807, 2.05) is 49.4 Å². The summed E-state index contributed by atoms with van der Waals surface area (Å²) in [6.45, 7) is 9.44. The molecule has 0 atom stereocenters. The number of pyridine rings is 1. The molecule has 3 N–H and O–H groups in total. The first-order valence-electron chi connectivity index (χ1n) is 13.5. The molecule has 0 saturated carbocycles. The summed E-state index contributed by atoms with van der Waals surface area (Å²) in [5, 5.41) is 10.3. The second-order valence-corrected chi connectivity index (χ2v) is 11.2. The lowest BCUT2D eigenvalue weighted by Gasteiger charge is -2.26. The molecule has 1 saturated heterocycles. The first-order valence-corrected chi connectivity index (χ1v) is 14.7. The predicted molar refractivity (Wildman–Crippen MR) is 169 cm³/mol. The standard InChI is InChI=1S/C31H31ClN6O3S/c1-3-24(39)17-33-23-8-5-7-22(16-23)26-14-21(19-38-10-12-41-13-11-38)15-28(35-26)36-31-34-18-27(42-31)30(40)37-29-20(2)6-4-9-25(29)32/h3-9,14-16,18,33H,1,10-13,17,19H2,2H3,(H,37,40)(H,34,35,36). The normalized spacial score (nSPS) is 13.4. The zero-order chi connectivity index (χ0) is 29.5. The molecule has 0 aliphatic carbocycles. The largest absolute Gasteiger partial charge is 0.379 e. The highest BCUT2D eigenvalue weighted by Gasteiger charge is 2.16. The van der Waals surface area contributed by atoms with Gasteiger partial charge in [0.25, 0.3) is 5.91 Å². The van der Waals surface area contributed by atoms with E-state index in [9.17, 15) is 9.59 Å². The molecule has 0 spiro atoms. The van der Waals surface area contributed by atoms with E-state index in [0.29, 0.717) is 39.8 Å². The number of hydrogen-bond acceptors (Lipinski definition) is 9. The Kier molecular flexibility index (Phi) is 9.60. The van der Waals surface area contributed by atoms with Crippen LogP contribution < -0.4 is 16.0 Å². The number of halogens is 1. The smallest absolute Gasteiger partial charge is 0.267 e. The van der Waals surface area contributed by atoms with Crippen LogP contribution in [0.15, 0.2) is 73.4 Å². The van der Waals surface area contributed by atoms with Crippen molar-refractivity contribution in [3.63, 3.8) is 0 Å². The second-order valence-electron chi connectivity index (χ2n) is 9.78. The lowest BCUT2D eigenvalue weighted by atomic mass is 10.1. The number of rotatable bonds is 11. The van der Waals surface area contributed by atoms with Gasteiger partial charge in [0.15, 0.2) is 10.9 Å². The zero-order valence-electron chi connectivity index (χ0n) is 23.2. The third-order valence-corrected chi connectivity index (χ3v) is 7.90. The quantitative estimate of drug-likeness (QED) is 0.175. The van der Waals surface area contributed by atoms with Crippen LogP contribution >= 0.6 is 22.9 Å². The number of aryl methyl sites for hydroxylation is 1. The van der Waals surface area contributed by atoms with E-state index in [2.05, 4.69) is 38.5 Å². The van der Waals surface area contributed by atoms with Crippen LogP contribution in [0.25, 0.3) is 11.3 Å². The number of ether oxygens (including phenoxy) is 1. The number of nitrogens with zero attached hydrogens (tertiary/aromatic N) is 3. The van der Waals surface area contributed by atoms with Gasteiger partial charge in [-0.15, -0.1) is 0 Å². The number of anilines is 4. The summed E-state index contributed by atoms with van der Waals surface area (Å²) < 4.78 is 5.52. The predicted octanol–water partition coefficient (Wildman–Crippen LogP) is 6.16. The highest BCUT2D eigenvalue weighted by atomic mass is 35.5. The van der Waals surface area contributed by atoms with Crippen LogP contribution in [0.5, 0.6) is 0 Å². The van der Waals surface area contributed by atoms with E-state index >= 15 is 0 Å². The lowest BCUT2D eigenvalue weighted by molar-refractivity contribution is -0.113. The minimum atomic E-state index is -0.286. The molecule has 1 amide bonds. The summed E-state index contributed by atoms with van der Waals surface area (Å²) in [5.41, 5.74) is 5.01. The van der Waals surface area contributed by atoms with Gasteiger partial charge >= 0.3 is 0 Å². The number of ketones is 1. The molecule has 3 heterocycles. The summed E-state index contributed by atoms with van der Waals surface area (Å²) in [6, 6.07) is 17.3. The highest BCUT2D eigenvalue weighted by Crippen LogP contribution is 2.30. The van der Waals surface area contributed by atoms with Gasteiger partial charge in [-0.3, -0.25) is 14.5 Å². The molecule has 2 aromatic carbocycles. The third kappa shape index (κ3) is 7.59. The Bertz CT molecular complexity index is 1580. The number of nitrogens with one attached hydrogen (secondary N) is 3. The fraction of sp³-hybridized carbons (Fsp3) is 0.226. The van der Waals surface area contributed by atoms with Crippen molar-refractivity contribution in [1.82, 2.24) is 14.9 Å². The van der Waals surface area contributed by atoms with Crippen molar-refractivity contribution < 1.29 is 14.3 Å². The lowest BCUT2D eigenvalue weighted by Crippen LogP contribution is -2.35. The number of carbonyl (C=O) groups is 2. The summed E-state index contributed by atoms with van der Waals surface area (Å²) in [4.78, 5) is 36.7. The first kappa shape index (κ1) is 29.4. The first-order chi connectivity index (χ1) is 20.4. The van der Waals surface area contributed by atoms with Crippen molar-refractivity contribution in [3.05, 3.63) is 94.5 Å². The van der Waals surface area contributed by atoms with Gasteiger partial charge in [0.05, 0.1) is 42.4 Å². The fourth-order valence-electron chi connectivity index (χ4n) is 4.47. The monoisotopic (exact) mass is 602 g/mol. The number of amides is 1. The summed E-state index contributed by atoms with van der Waals surface area (Å²) in [6.07, 6.45) is 2.84. The van der Waals surface area contributed by atoms with Gasteiger partial charge in [-0.25, -0.2) is 9.97 Å². The van der Waals surface area contributed by atoms with Gasteiger partial charge in [0.2, 0.25) is 0 Å². The van der Waals surface area contributed by atoms with E-state index in [4.69, 9.17) is 21.3 Å². The minimum absolute atomic E-state index is 0.0870. The number of aromatic nitrogens is 2. The summed E-state index contributed by atoms with van der Waals surface area (Å²) in [7, 11) is 0. The molecule has 9 nitrogen and oxygen atoms in total. The average molecular weight is 603 g/mol. The van der Waals surface area contributed by atoms with Crippen LogP contribution in [-0.4, -0.2) is 59.4 Å². The molecule has 42 heavy (non-hydrogen) atoms. The van der Waals surface area contributed by atoms with Gasteiger partial charge in [0, 0.05) is 30.9 Å². The molecule has 0 bridgehead atoms. The Labute approximate surface area is 253 Å². The molecule has 0 unspecified atom stereocenters. The second kappa shape index (κ2) is 13.7. The average Bonchev–Trinajstić information content (AvgIpc) is 3.47. The maximum atomic E-state index is 13.0. The van der Waals surface area contributed by atoms with Crippen LogP contribution in [0.3, 0.4) is 0 Å². The number of thiazole rings is 1. The molecule has 1 fully saturated rings. The number of benzene rings is 2. The van der Waals surface area contributed by atoms with Crippen LogP contribution in [0.4, 0.5) is 22.3 Å². The Morgan fingerprint density at radius 2 is 1.95 bits per heavy atom. The maximum Gasteiger partial charge on any atom is 0.267 e. The molecule has 0 radical (unpaired) electrons. The third-order valence-electron chi connectivity index (χ3n) is 6.67. The molecule has 2 aromatic heterocycles. The summed E-state index contributed by atoms with van der Waals surface area (Å²) in [5.74, 6) is 0.237. The number of para-hydroxylation sites is 1. The Morgan fingerprint density at radius 1 is 1.14 bits per heavy atom. The van der Waals surface area contributed by atoms with Gasteiger partial charge in [0.1, 0.15) is 10.7 Å². The maximum absolute atomic E-state index is 13.0. The summed E-state index contributed by atoms with van der Waals surface area (Å²) >= 11 is 7.52. The number of morpholine rings is 1. The fourth-order valence-corrected chi connectivity index (χ4v) is 5.46. The van der Waals surface area contributed by atoms with E-state index in [1.54, 1.807) is 6.07 Å². The molecular formula is C31H31ClN6O3S. The van der Waals surface area contributed by atoms with Crippen molar-refractivity contribution >= 4 is 57.0 Å². The molecule has 5 rings (SSSR count). The van der Waals surface area contributed by atoms with Gasteiger partial charge in [-0.2, -0.15) is 0 Å². The topological polar surface area (TPSA) is 108 Å². The van der Waals surface area contributed by atoms with Crippen LogP contribution in [-0.2, 0) is 16.1 Å². The van der Waals surface area contributed by atoms with Crippen molar-refractivity contribution in [1.29, 1.82) is 0 Å². The minimum Gasteiger partial charge on any atom is -0.379 e. The zero-order valence-corrected chi connectivity index (χ0v) is 24.7. The molecule has 216 valence electrons. The number of carbonyl (C=O) groups excluding carboxylic acids is 2. The highest BCUT2D eigenvalue weighted by molar-refractivity contribution is 7.17. The molecule has 1 aliphatic rings. The van der Waals surface area contributed by atoms with E-state index < -0.39 is 0 Å². The molecule has 4 aromatic rings. The van der Waals surface area contributed by atoms with Crippen LogP contribution in [0, 0.1) is 6.92 Å². The molecule has 1 aliphatic heterocycles. The van der Waals surface area contributed by atoms with Gasteiger partial charge < -0.3 is 20.7 Å².